The average Bonchev–Trinajstić information content (AvgIpc) is 3.25. The lowest BCUT2D eigenvalue weighted by molar-refractivity contribution is -0.180. The van der Waals surface area contributed by atoms with Gasteiger partial charge in [-0.25, -0.2) is 4.79 Å². The van der Waals surface area contributed by atoms with Crippen LogP contribution in [0, 0.1) is 34.5 Å². The topological polar surface area (TPSA) is 103 Å². The van der Waals surface area contributed by atoms with Gasteiger partial charge in [0.2, 0.25) is 5.91 Å². The van der Waals surface area contributed by atoms with Crippen molar-refractivity contribution in [1.82, 2.24) is 10.2 Å². The number of likely N-dealkylation sites (tertiary alicyclic amines) is 1. The third kappa shape index (κ3) is 3.28. The van der Waals surface area contributed by atoms with Gasteiger partial charge in [0.15, 0.2) is 0 Å². The fourth-order valence-electron chi connectivity index (χ4n) is 7.56. The van der Waals surface area contributed by atoms with Crippen LogP contribution in [0.15, 0.2) is 0 Å². The fraction of sp³-hybridized carbons (Fsp3) is 0.870. The van der Waals surface area contributed by atoms with E-state index in [-0.39, 0.29) is 11.9 Å². The summed E-state index contributed by atoms with van der Waals surface area (Å²) in [6.07, 6.45) is 6.02. The Bertz CT molecular complexity index is 798. The molecule has 6 aliphatic rings. The lowest BCUT2D eigenvalue weighted by atomic mass is 9.46. The van der Waals surface area contributed by atoms with E-state index in [1.165, 1.54) is 0 Å². The molecule has 4 bridgehead atoms. The van der Waals surface area contributed by atoms with Crippen molar-refractivity contribution in [3.05, 3.63) is 0 Å². The van der Waals surface area contributed by atoms with Gasteiger partial charge in [-0.15, -0.1) is 0 Å². The Morgan fingerprint density at radius 2 is 1.83 bits per heavy atom. The molecule has 7 nitrogen and oxygen atoms in total. The zero-order chi connectivity index (χ0) is 21.5. The van der Waals surface area contributed by atoms with Crippen LogP contribution in [0.3, 0.4) is 0 Å². The maximum Gasteiger partial charge on any atom is 0.408 e. The molecule has 6 fully saturated rings. The number of fused-ring (bicyclic) bond motifs is 1. The summed E-state index contributed by atoms with van der Waals surface area (Å²) in [6.45, 7) is 5.41. The molecular weight excluding hydrogens is 382 g/mol. The number of hydrogen-bond donors (Lipinski definition) is 2. The molecule has 6 unspecified atom stereocenters. The molecular formula is C23H33N3O4. The van der Waals surface area contributed by atoms with Gasteiger partial charge in [-0.1, -0.05) is 0 Å². The number of carbonyl (C=O) groups is 2. The van der Waals surface area contributed by atoms with Crippen LogP contribution < -0.4 is 5.32 Å². The van der Waals surface area contributed by atoms with Crippen LogP contribution in [0.2, 0.25) is 0 Å². The Kier molecular flexibility index (Phi) is 4.26. The largest absolute Gasteiger partial charge is 0.444 e. The number of nitriles is 1. The van der Waals surface area contributed by atoms with Gasteiger partial charge in [0, 0.05) is 11.5 Å². The van der Waals surface area contributed by atoms with E-state index < -0.39 is 34.8 Å². The second kappa shape index (κ2) is 6.35. The van der Waals surface area contributed by atoms with E-state index in [1.54, 1.807) is 25.7 Å². The highest BCUT2D eigenvalue weighted by atomic mass is 16.6. The van der Waals surface area contributed by atoms with Crippen LogP contribution in [0.1, 0.15) is 72.1 Å². The SMILES string of the molecule is CC(C)(C)OC(=O)NC(C(=O)N1C(C#N)CC2CC21)C12CC3CC(CC(O)(C3)C1)C2. The first-order valence-electron chi connectivity index (χ1n) is 11.4. The van der Waals surface area contributed by atoms with E-state index in [1.807, 2.05) is 0 Å². The van der Waals surface area contributed by atoms with Crippen molar-refractivity contribution < 1.29 is 19.4 Å². The van der Waals surface area contributed by atoms with E-state index in [4.69, 9.17) is 4.74 Å². The molecule has 0 aromatic carbocycles. The van der Waals surface area contributed by atoms with Crippen LogP contribution in [0.25, 0.3) is 0 Å². The van der Waals surface area contributed by atoms with Crippen LogP contribution >= 0.6 is 0 Å². The molecule has 6 atom stereocenters. The van der Waals surface area contributed by atoms with Gasteiger partial charge in [-0.3, -0.25) is 4.79 Å². The van der Waals surface area contributed by atoms with Crippen LogP contribution in [-0.2, 0) is 9.53 Å². The Labute approximate surface area is 178 Å². The van der Waals surface area contributed by atoms with Gasteiger partial charge >= 0.3 is 6.09 Å². The van der Waals surface area contributed by atoms with Crippen molar-refractivity contribution >= 4 is 12.0 Å². The molecule has 5 saturated carbocycles. The summed E-state index contributed by atoms with van der Waals surface area (Å²) in [5, 5.41) is 23.8. The standard InChI is InChI=1S/C23H33N3O4/c1-21(2,3)30-20(28)25-18(19(27)26-16(11-24)5-15-6-17(15)26)22-7-13-4-14(8-22)10-23(29,9-13)12-22/h13-18,29H,4-10,12H2,1-3H3,(H,25,28). The normalized spacial score (nSPS) is 44.2. The van der Waals surface area contributed by atoms with Crippen molar-refractivity contribution in [2.45, 2.75) is 101 Å². The molecule has 164 valence electrons. The summed E-state index contributed by atoms with van der Waals surface area (Å²) in [5.74, 6) is 1.06. The number of piperidine rings is 1. The summed E-state index contributed by atoms with van der Waals surface area (Å²) >= 11 is 0. The zero-order valence-electron chi connectivity index (χ0n) is 18.2. The Morgan fingerprint density at radius 1 is 1.17 bits per heavy atom. The summed E-state index contributed by atoms with van der Waals surface area (Å²) in [5.41, 5.74) is -1.86. The quantitative estimate of drug-likeness (QED) is 0.738. The summed E-state index contributed by atoms with van der Waals surface area (Å²) in [7, 11) is 0. The van der Waals surface area contributed by atoms with Crippen molar-refractivity contribution in [3.63, 3.8) is 0 Å². The van der Waals surface area contributed by atoms with Crippen molar-refractivity contribution in [2.75, 3.05) is 0 Å². The predicted molar refractivity (Wildman–Crippen MR) is 108 cm³/mol. The molecule has 5 aliphatic carbocycles. The molecule has 1 saturated heterocycles. The van der Waals surface area contributed by atoms with E-state index in [9.17, 15) is 20.0 Å². The minimum absolute atomic E-state index is 0.127. The zero-order valence-corrected chi connectivity index (χ0v) is 18.2. The van der Waals surface area contributed by atoms with E-state index in [2.05, 4.69) is 11.4 Å². The number of nitrogens with one attached hydrogen (secondary N) is 1. The molecule has 0 aromatic heterocycles. The first kappa shape index (κ1) is 20.1. The molecule has 0 spiro atoms. The number of ether oxygens (including phenoxy) is 1. The molecule has 6 rings (SSSR count). The maximum atomic E-state index is 13.9. The number of rotatable bonds is 3. The smallest absolute Gasteiger partial charge is 0.408 e. The number of alkyl carbamates (subject to hydrolysis) is 1. The Morgan fingerprint density at radius 3 is 2.40 bits per heavy atom. The minimum atomic E-state index is -0.750. The molecule has 1 heterocycles. The molecule has 2 amide bonds. The lowest BCUT2D eigenvalue weighted by Gasteiger charge is -2.62. The van der Waals surface area contributed by atoms with Crippen LogP contribution in [-0.4, -0.2) is 51.3 Å². The summed E-state index contributed by atoms with van der Waals surface area (Å²) in [6, 6.07) is 1.26. The number of aliphatic hydroxyl groups is 1. The number of nitrogens with zero attached hydrogens (tertiary/aromatic N) is 2. The second-order valence-electron chi connectivity index (χ2n) is 11.8. The van der Waals surface area contributed by atoms with Crippen LogP contribution in [0.4, 0.5) is 4.79 Å². The highest BCUT2D eigenvalue weighted by Crippen LogP contribution is 2.63. The molecule has 30 heavy (non-hydrogen) atoms. The number of amides is 2. The van der Waals surface area contributed by atoms with Gasteiger partial charge in [-0.2, -0.15) is 5.26 Å². The van der Waals surface area contributed by atoms with Gasteiger partial charge in [0.05, 0.1) is 11.7 Å². The highest BCUT2D eigenvalue weighted by Gasteiger charge is 2.64. The molecule has 7 heteroatoms. The highest BCUT2D eigenvalue weighted by molar-refractivity contribution is 5.88. The van der Waals surface area contributed by atoms with Crippen molar-refractivity contribution in [1.29, 1.82) is 5.26 Å². The number of hydrogen-bond acceptors (Lipinski definition) is 5. The third-order valence-electron chi connectivity index (χ3n) is 8.10. The second-order valence-corrected chi connectivity index (χ2v) is 11.8. The van der Waals surface area contributed by atoms with Gasteiger partial charge in [0.1, 0.15) is 17.7 Å². The average molecular weight is 416 g/mol. The van der Waals surface area contributed by atoms with E-state index in [0.717, 1.165) is 44.9 Å². The fourth-order valence-corrected chi connectivity index (χ4v) is 7.56. The summed E-state index contributed by atoms with van der Waals surface area (Å²) < 4.78 is 5.51. The molecule has 0 aromatic rings. The molecule has 2 N–H and O–H groups in total. The van der Waals surface area contributed by atoms with Gasteiger partial charge < -0.3 is 20.1 Å². The minimum Gasteiger partial charge on any atom is -0.444 e. The first-order valence-corrected chi connectivity index (χ1v) is 11.4. The van der Waals surface area contributed by atoms with Crippen LogP contribution in [0.5, 0.6) is 0 Å². The maximum absolute atomic E-state index is 13.9. The monoisotopic (exact) mass is 415 g/mol. The van der Waals surface area contributed by atoms with Gasteiger partial charge in [-0.05, 0) is 89.9 Å². The van der Waals surface area contributed by atoms with Crippen molar-refractivity contribution in [3.8, 4) is 6.07 Å². The summed E-state index contributed by atoms with van der Waals surface area (Å²) in [4.78, 5) is 28.4. The Hall–Kier alpha value is -1.81. The van der Waals surface area contributed by atoms with Gasteiger partial charge in [0.25, 0.3) is 0 Å². The predicted octanol–water partition coefficient (Wildman–Crippen LogP) is 2.72. The number of carbonyl (C=O) groups excluding carboxylic acids is 2. The lowest BCUT2D eigenvalue weighted by Crippen LogP contribution is -2.66. The third-order valence-corrected chi connectivity index (χ3v) is 8.10. The van der Waals surface area contributed by atoms with E-state index in [0.29, 0.717) is 24.2 Å². The Balaban J connectivity index is 1.47. The first-order chi connectivity index (χ1) is 14.0. The van der Waals surface area contributed by atoms with E-state index >= 15 is 0 Å². The molecule has 1 aliphatic heterocycles. The van der Waals surface area contributed by atoms with Crippen molar-refractivity contribution in [2.24, 2.45) is 23.2 Å². The molecule has 0 radical (unpaired) electrons.